The quantitative estimate of drug-likeness (QED) is 0.887. The number of rotatable bonds is 3. The highest BCUT2D eigenvalue weighted by molar-refractivity contribution is 5.98. The van der Waals surface area contributed by atoms with E-state index in [1.165, 1.54) is 0 Å². The molecule has 1 saturated heterocycles. The molecule has 2 heterocycles. The number of fused-ring (bicyclic) bond motifs is 1. The predicted octanol–water partition coefficient (Wildman–Crippen LogP) is 2.06. The zero-order valence-electron chi connectivity index (χ0n) is 13.4. The maximum atomic E-state index is 12.6. The van der Waals surface area contributed by atoms with Crippen molar-refractivity contribution in [2.75, 3.05) is 32.0 Å². The third-order valence-corrected chi connectivity index (χ3v) is 4.64. The normalized spacial score (nSPS) is 18.0. The van der Waals surface area contributed by atoms with Crippen LogP contribution in [0.4, 0.5) is 5.69 Å². The van der Waals surface area contributed by atoms with E-state index in [-0.39, 0.29) is 24.2 Å². The minimum absolute atomic E-state index is 0. The maximum absolute atomic E-state index is 12.6. The number of halogens is 1. The molecule has 0 radical (unpaired) electrons. The van der Waals surface area contributed by atoms with Gasteiger partial charge in [0, 0.05) is 30.8 Å². The van der Waals surface area contributed by atoms with Gasteiger partial charge in [-0.1, -0.05) is 0 Å². The molecule has 2 amide bonds. The van der Waals surface area contributed by atoms with Crippen molar-refractivity contribution in [1.82, 2.24) is 10.2 Å². The fraction of sp³-hybridized carbons (Fsp3) is 0.529. The topological polar surface area (TPSA) is 61.4 Å². The molecule has 23 heavy (non-hydrogen) atoms. The van der Waals surface area contributed by atoms with Crippen LogP contribution in [0.25, 0.3) is 0 Å². The molecule has 0 atom stereocenters. The van der Waals surface area contributed by atoms with Crippen LogP contribution in [0.3, 0.4) is 0 Å². The summed E-state index contributed by atoms with van der Waals surface area (Å²) in [5.41, 5.74) is 2.65. The third-order valence-electron chi connectivity index (χ3n) is 4.64. The second-order valence-corrected chi connectivity index (χ2v) is 6.21. The van der Waals surface area contributed by atoms with E-state index in [9.17, 15) is 9.59 Å². The van der Waals surface area contributed by atoms with Gasteiger partial charge in [0.05, 0.1) is 0 Å². The van der Waals surface area contributed by atoms with Crippen molar-refractivity contribution in [3.05, 3.63) is 29.3 Å². The summed E-state index contributed by atoms with van der Waals surface area (Å²) in [6.07, 6.45) is 3.34. The molecular weight excluding hydrogens is 314 g/mol. The molecule has 2 aliphatic rings. The summed E-state index contributed by atoms with van der Waals surface area (Å²) in [4.78, 5) is 26.0. The monoisotopic (exact) mass is 337 g/mol. The molecule has 1 aromatic rings. The molecule has 0 aromatic heterocycles. The Morgan fingerprint density at radius 2 is 2.04 bits per heavy atom. The lowest BCUT2D eigenvalue weighted by Gasteiger charge is -2.32. The van der Waals surface area contributed by atoms with Crippen molar-refractivity contribution in [3.8, 4) is 0 Å². The minimum atomic E-state index is 0. The number of anilines is 1. The molecule has 1 fully saturated rings. The van der Waals surface area contributed by atoms with Crippen LogP contribution in [0.2, 0.25) is 0 Å². The van der Waals surface area contributed by atoms with Crippen LogP contribution < -0.4 is 10.6 Å². The van der Waals surface area contributed by atoms with Gasteiger partial charge in [-0.2, -0.15) is 0 Å². The first-order valence-electron chi connectivity index (χ1n) is 8.04. The van der Waals surface area contributed by atoms with Crippen LogP contribution >= 0.6 is 12.4 Å². The summed E-state index contributed by atoms with van der Waals surface area (Å²) in [7, 11) is 1.98. The van der Waals surface area contributed by atoms with E-state index in [1.54, 1.807) is 0 Å². The van der Waals surface area contributed by atoms with Crippen molar-refractivity contribution in [1.29, 1.82) is 0 Å². The number of carbonyl (C=O) groups is 2. The first kappa shape index (κ1) is 17.8. The van der Waals surface area contributed by atoms with Crippen molar-refractivity contribution in [3.63, 3.8) is 0 Å². The summed E-state index contributed by atoms with van der Waals surface area (Å²) in [5.74, 6) is 0.841. The molecule has 0 bridgehead atoms. The van der Waals surface area contributed by atoms with Gasteiger partial charge in [0.2, 0.25) is 5.91 Å². The Kier molecular flexibility index (Phi) is 6.02. The fourth-order valence-corrected chi connectivity index (χ4v) is 3.33. The van der Waals surface area contributed by atoms with Crippen LogP contribution in [0, 0.1) is 5.92 Å². The standard InChI is InChI=1S/C17H23N3O2.ClH/c1-18-11-12-6-8-20(9-7-12)17(22)14-2-4-15-13(10-14)3-5-16(21)19-15;/h2,4,10,12,18H,3,5-9,11H2,1H3,(H,19,21);1H. The van der Waals surface area contributed by atoms with E-state index < -0.39 is 0 Å². The fourth-order valence-electron chi connectivity index (χ4n) is 3.33. The summed E-state index contributed by atoms with van der Waals surface area (Å²) in [5, 5.41) is 6.07. The predicted molar refractivity (Wildman–Crippen MR) is 93.2 cm³/mol. The van der Waals surface area contributed by atoms with E-state index in [0.29, 0.717) is 18.8 Å². The second kappa shape index (κ2) is 7.79. The van der Waals surface area contributed by atoms with Gasteiger partial charge >= 0.3 is 0 Å². The van der Waals surface area contributed by atoms with Gasteiger partial charge < -0.3 is 15.5 Å². The van der Waals surface area contributed by atoms with Gasteiger partial charge in [0.1, 0.15) is 0 Å². The number of likely N-dealkylation sites (tertiary alicyclic amines) is 1. The molecule has 0 spiro atoms. The van der Waals surface area contributed by atoms with Crippen molar-refractivity contribution in [2.24, 2.45) is 5.92 Å². The molecule has 5 nitrogen and oxygen atoms in total. The number of aryl methyl sites for hydroxylation is 1. The number of nitrogens with zero attached hydrogens (tertiary/aromatic N) is 1. The summed E-state index contributed by atoms with van der Waals surface area (Å²) >= 11 is 0. The lowest BCUT2D eigenvalue weighted by atomic mass is 9.95. The molecule has 2 aliphatic heterocycles. The highest BCUT2D eigenvalue weighted by Gasteiger charge is 2.24. The van der Waals surface area contributed by atoms with Gasteiger partial charge in [0.25, 0.3) is 5.91 Å². The van der Waals surface area contributed by atoms with E-state index in [1.807, 2.05) is 30.1 Å². The Morgan fingerprint density at radius 1 is 1.30 bits per heavy atom. The SMILES string of the molecule is CNCC1CCN(C(=O)c2ccc3c(c2)CCC(=O)N3)CC1.Cl. The van der Waals surface area contributed by atoms with Gasteiger partial charge in [-0.05, 0) is 62.5 Å². The first-order chi connectivity index (χ1) is 10.7. The van der Waals surface area contributed by atoms with Crippen molar-refractivity contribution < 1.29 is 9.59 Å². The molecule has 0 aliphatic carbocycles. The second-order valence-electron chi connectivity index (χ2n) is 6.21. The first-order valence-corrected chi connectivity index (χ1v) is 8.04. The molecular formula is C17H24ClN3O2. The number of nitrogens with one attached hydrogen (secondary N) is 2. The molecule has 6 heteroatoms. The van der Waals surface area contributed by atoms with Crippen LogP contribution in [0.15, 0.2) is 18.2 Å². The number of carbonyl (C=O) groups excluding carboxylic acids is 2. The highest BCUT2D eigenvalue weighted by Crippen LogP contribution is 2.25. The lowest BCUT2D eigenvalue weighted by Crippen LogP contribution is -2.40. The summed E-state index contributed by atoms with van der Waals surface area (Å²) in [6, 6.07) is 5.62. The summed E-state index contributed by atoms with van der Waals surface area (Å²) < 4.78 is 0. The molecule has 126 valence electrons. The molecule has 0 saturated carbocycles. The van der Waals surface area contributed by atoms with E-state index in [4.69, 9.17) is 0 Å². The van der Waals surface area contributed by atoms with E-state index in [2.05, 4.69) is 10.6 Å². The lowest BCUT2D eigenvalue weighted by molar-refractivity contribution is -0.116. The zero-order chi connectivity index (χ0) is 15.5. The van der Waals surface area contributed by atoms with Gasteiger partial charge in [-0.25, -0.2) is 0 Å². The largest absolute Gasteiger partial charge is 0.339 e. The van der Waals surface area contributed by atoms with E-state index >= 15 is 0 Å². The number of hydrogen-bond acceptors (Lipinski definition) is 3. The van der Waals surface area contributed by atoms with Crippen molar-refractivity contribution >= 4 is 29.9 Å². The van der Waals surface area contributed by atoms with Crippen LogP contribution in [-0.2, 0) is 11.2 Å². The number of hydrogen-bond donors (Lipinski definition) is 2. The molecule has 2 N–H and O–H groups in total. The Morgan fingerprint density at radius 3 is 2.74 bits per heavy atom. The van der Waals surface area contributed by atoms with Crippen molar-refractivity contribution in [2.45, 2.75) is 25.7 Å². The maximum Gasteiger partial charge on any atom is 0.253 e. The average molecular weight is 338 g/mol. The average Bonchev–Trinajstić information content (AvgIpc) is 2.55. The van der Waals surface area contributed by atoms with Gasteiger partial charge in [-0.3, -0.25) is 9.59 Å². The Labute approximate surface area is 143 Å². The smallest absolute Gasteiger partial charge is 0.253 e. The Hall–Kier alpha value is -1.59. The van der Waals surface area contributed by atoms with E-state index in [0.717, 1.165) is 49.3 Å². The molecule has 0 unspecified atom stereocenters. The third kappa shape index (κ3) is 4.03. The Bertz CT molecular complexity index is 583. The van der Waals surface area contributed by atoms with Crippen LogP contribution in [-0.4, -0.2) is 43.4 Å². The molecule has 1 aromatic carbocycles. The number of benzene rings is 1. The zero-order valence-corrected chi connectivity index (χ0v) is 14.2. The number of piperidine rings is 1. The summed E-state index contributed by atoms with van der Waals surface area (Å²) in [6.45, 7) is 2.69. The van der Waals surface area contributed by atoms with Gasteiger partial charge in [0.15, 0.2) is 0 Å². The van der Waals surface area contributed by atoms with Crippen LogP contribution in [0.1, 0.15) is 35.2 Å². The highest BCUT2D eigenvalue weighted by atomic mass is 35.5. The number of amides is 2. The van der Waals surface area contributed by atoms with Crippen LogP contribution in [0.5, 0.6) is 0 Å². The minimum Gasteiger partial charge on any atom is -0.339 e. The molecule has 3 rings (SSSR count). The Balaban J connectivity index is 0.00000192. The van der Waals surface area contributed by atoms with Gasteiger partial charge in [-0.15, -0.1) is 12.4 Å².